The summed E-state index contributed by atoms with van der Waals surface area (Å²) in [5, 5.41) is 6.02. The average molecular weight is 570 g/mol. The van der Waals surface area contributed by atoms with E-state index >= 15 is 0 Å². The number of nitrogens with zero attached hydrogens (tertiary/aromatic N) is 3. The number of benzene rings is 1. The van der Waals surface area contributed by atoms with E-state index in [-0.39, 0.29) is 61.2 Å². The number of ether oxygens (including phenoxy) is 2. The van der Waals surface area contributed by atoms with Crippen molar-refractivity contribution in [3.63, 3.8) is 0 Å². The van der Waals surface area contributed by atoms with Gasteiger partial charge >= 0.3 is 0 Å². The number of likely N-dealkylation sites (N-methyl/N-ethyl adjacent to an activating group) is 1. The van der Waals surface area contributed by atoms with Gasteiger partial charge in [-0.1, -0.05) is 18.2 Å². The third kappa shape index (κ3) is 7.56. The van der Waals surface area contributed by atoms with Crippen LogP contribution in [-0.4, -0.2) is 116 Å². The molecule has 0 saturated carbocycles. The smallest absolute Gasteiger partial charge is 0.261 e. The fraction of sp³-hybridized carbons (Fsp3) is 0.667. The Balaban J connectivity index is 1.28. The lowest BCUT2D eigenvalue weighted by Crippen LogP contribution is -2.50. The monoisotopic (exact) mass is 569 g/mol. The SMILES string of the molecule is CN1CC(=O)N[C@@H]2C[C@@H](C(=O)NCC[C@H]3CN(C4CCOCC4)CC[C@H]3CC1=O)N(C(=O)COc1ccccc1)C2. The molecule has 0 unspecified atom stereocenters. The van der Waals surface area contributed by atoms with E-state index in [0.29, 0.717) is 31.2 Å². The molecule has 5 rings (SSSR count). The van der Waals surface area contributed by atoms with Crippen LogP contribution in [0.25, 0.3) is 0 Å². The summed E-state index contributed by atoms with van der Waals surface area (Å²) in [6.07, 6.45) is 4.43. The van der Waals surface area contributed by atoms with Crippen molar-refractivity contribution in [1.29, 1.82) is 0 Å². The normalized spacial score (nSPS) is 29.1. The summed E-state index contributed by atoms with van der Waals surface area (Å²) in [6.45, 7) is 3.83. The van der Waals surface area contributed by atoms with Crippen molar-refractivity contribution in [2.75, 3.05) is 59.6 Å². The largest absolute Gasteiger partial charge is 0.484 e. The van der Waals surface area contributed by atoms with Crippen LogP contribution in [0.3, 0.4) is 0 Å². The molecule has 0 spiro atoms. The molecule has 11 nitrogen and oxygen atoms in total. The highest BCUT2D eigenvalue weighted by Gasteiger charge is 2.41. The molecule has 0 radical (unpaired) electrons. The molecule has 224 valence electrons. The Hall–Kier alpha value is -3.18. The van der Waals surface area contributed by atoms with Gasteiger partial charge in [0.25, 0.3) is 5.91 Å². The Bertz CT molecular complexity index is 1080. The maximum atomic E-state index is 13.4. The van der Waals surface area contributed by atoms with Gasteiger partial charge in [-0.05, 0) is 62.6 Å². The van der Waals surface area contributed by atoms with E-state index in [0.717, 1.165) is 52.0 Å². The van der Waals surface area contributed by atoms with E-state index in [1.54, 1.807) is 19.2 Å². The lowest BCUT2D eigenvalue weighted by molar-refractivity contribution is -0.140. The van der Waals surface area contributed by atoms with E-state index in [1.807, 2.05) is 18.2 Å². The zero-order valence-electron chi connectivity index (χ0n) is 24.0. The Morgan fingerprint density at radius 3 is 2.59 bits per heavy atom. The number of nitrogens with one attached hydrogen (secondary N) is 2. The van der Waals surface area contributed by atoms with Crippen molar-refractivity contribution in [3.8, 4) is 5.75 Å². The van der Waals surface area contributed by atoms with Crippen LogP contribution in [0, 0.1) is 11.8 Å². The summed E-state index contributed by atoms with van der Waals surface area (Å²) >= 11 is 0. The zero-order valence-corrected chi connectivity index (χ0v) is 24.0. The van der Waals surface area contributed by atoms with Crippen LogP contribution in [0.2, 0.25) is 0 Å². The second-order valence-electron chi connectivity index (χ2n) is 11.8. The number of hydrogen-bond acceptors (Lipinski definition) is 7. The molecule has 0 aliphatic carbocycles. The standard InChI is InChI=1S/C30H43N5O6/c1-33-19-27(36)32-23-16-26(35(18-23)29(38)20-41-25-5-3-2-4-6-25)30(39)31-11-7-22-17-34(24-9-13-40-14-10-24)12-8-21(22)15-28(33)37/h2-6,21-24,26H,7-20H2,1H3,(H,31,39)(H,32,36)/t21-,22-,23+,26-/m0/s1. The van der Waals surface area contributed by atoms with Gasteiger partial charge < -0.3 is 29.9 Å². The van der Waals surface area contributed by atoms with Crippen molar-refractivity contribution in [3.05, 3.63) is 30.3 Å². The molecule has 0 aromatic heterocycles. The number of fused-ring (bicyclic) bond motifs is 3. The molecule has 11 heteroatoms. The molecular weight excluding hydrogens is 526 g/mol. The number of amides is 4. The molecule has 4 aliphatic heterocycles. The Kier molecular flexibility index (Phi) is 9.76. The van der Waals surface area contributed by atoms with Crippen LogP contribution in [-0.2, 0) is 23.9 Å². The number of carbonyl (C=O) groups excluding carboxylic acids is 4. The van der Waals surface area contributed by atoms with Gasteiger partial charge in [-0.3, -0.25) is 24.1 Å². The van der Waals surface area contributed by atoms with E-state index in [9.17, 15) is 19.2 Å². The second kappa shape index (κ2) is 13.7. The third-order valence-corrected chi connectivity index (χ3v) is 9.08. The first-order valence-corrected chi connectivity index (χ1v) is 15.0. The first kappa shape index (κ1) is 29.3. The minimum atomic E-state index is -0.697. The van der Waals surface area contributed by atoms with Gasteiger partial charge in [0.05, 0.1) is 6.54 Å². The lowest BCUT2D eigenvalue weighted by Gasteiger charge is -2.43. The second-order valence-corrected chi connectivity index (χ2v) is 11.8. The summed E-state index contributed by atoms with van der Waals surface area (Å²) < 4.78 is 11.2. The average Bonchev–Trinajstić information content (AvgIpc) is 3.40. The highest BCUT2D eigenvalue weighted by molar-refractivity contribution is 5.89. The molecule has 1 aromatic carbocycles. The highest BCUT2D eigenvalue weighted by Crippen LogP contribution is 2.32. The molecule has 4 heterocycles. The maximum absolute atomic E-state index is 13.4. The number of rotatable bonds is 4. The number of piperidine rings is 1. The van der Waals surface area contributed by atoms with Crippen molar-refractivity contribution in [2.24, 2.45) is 11.8 Å². The van der Waals surface area contributed by atoms with Gasteiger partial charge in [0.2, 0.25) is 17.7 Å². The van der Waals surface area contributed by atoms with Gasteiger partial charge in [0.1, 0.15) is 11.8 Å². The number of hydrogen-bond donors (Lipinski definition) is 2. The van der Waals surface area contributed by atoms with E-state index in [4.69, 9.17) is 9.47 Å². The van der Waals surface area contributed by atoms with Gasteiger partial charge in [-0.2, -0.15) is 0 Å². The quantitative estimate of drug-likeness (QED) is 0.546. The first-order valence-electron chi connectivity index (χ1n) is 15.0. The minimum Gasteiger partial charge on any atom is -0.484 e. The van der Waals surface area contributed by atoms with Gasteiger partial charge in [-0.25, -0.2) is 0 Å². The topological polar surface area (TPSA) is 121 Å². The lowest BCUT2D eigenvalue weighted by atomic mass is 9.80. The molecular formula is C30H43N5O6. The number of carbonyl (C=O) groups is 4. The Labute approximate surface area is 241 Å². The van der Waals surface area contributed by atoms with Crippen LogP contribution in [0.1, 0.15) is 38.5 Å². The Morgan fingerprint density at radius 1 is 1.02 bits per heavy atom. The first-order chi connectivity index (χ1) is 19.9. The third-order valence-electron chi connectivity index (χ3n) is 9.08. The predicted molar refractivity (Wildman–Crippen MR) is 151 cm³/mol. The van der Waals surface area contributed by atoms with Crippen molar-refractivity contribution in [1.82, 2.24) is 25.3 Å². The molecule has 4 aliphatic rings. The number of likely N-dealkylation sites (tertiary alicyclic amines) is 2. The molecule has 1 aromatic rings. The van der Waals surface area contributed by atoms with Crippen LogP contribution in [0.15, 0.2) is 30.3 Å². The van der Waals surface area contributed by atoms with E-state index < -0.39 is 6.04 Å². The van der Waals surface area contributed by atoms with Crippen molar-refractivity contribution >= 4 is 23.6 Å². The molecule has 4 fully saturated rings. The summed E-state index contributed by atoms with van der Waals surface area (Å²) in [4.78, 5) is 58.2. The molecule has 4 atom stereocenters. The highest BCUT2D eigenvalue weighted by atomic mass is 16.5. The van der Waals surface area contributed by atoms with E-state index in [2.05, 4.69) is 15.5 Å². The summed E-state index contributed by atoms with van der Waals surface area (Å²) in [6, 6.07) is 8.47. The van der Waals surface area contributed by atoms with Gasteiger partial charge in [-0.15, -0.1) is 0 Å². The summed E-state index contributed by atoms with van der Waals surface area (Å²) in [7, 11) is 1.67. The van der Waals surface area contributed by atoms with Crippen LogP contribution in [0.4, 0.5) is 0 Å². The summed E-state index contributed by atoms with van der Waals surface area (Å²) in [5.41, 5.74) is 0. The van der Waals surface area contributed by atoms with Crippen LogP contribution in [0.5, 0.6) is 5.75 Å². The number of para-hydroxylation sites is 1. The van der Waals surface area contributed by atoms with E-state index in [1.165, 1.54) is 9.80 Å². The fourth-order valence-electron chi connectivity index (χ4n) is 6.75. The Morgan fingerprint density at radius 2 is 1.80 bits per heavy atom. The zero-order chi connectivity index (χ0) is 28.8. The molecule has 2 bridgehead atoms. The molecule has 41 heavy (non-hydrogen) atoms. The van der Waals surface area contributed by atoms with Crippen LogP contribution < -0.4 is 15.4 Å². The molecule has 2 N–H and O–H groups in total. The van der Waals surface area contributed by atoms with Gasteiger partial charge in [0.15, 0.2) is 6.61 Å². The van der Waals surface area contributed by atoms with Crippen LogP contribution >= 0.6 is 0 Å². The predicted octanol–water partition coefficient (Wildman–Crippen LogP) is 0.637. The fourth-order valence-corrected chi connectivity index (χ4v) is 6.75. The minimum absolute atomic E-state index is 0.0345. The van der Waals surface area contributed by atoms with Gasteiger partial charge in [0, 0.05) is 58.4 Å². The molecule has 4 saturated heterocycles. The van der Waals surface area contributed by atoms with Crippen molar-refractivity contribution in [2.45, 2.75) is 56.7 Å². The van der Waals surface area contributed by atoms with Crippen molar-refractivity contribution < 1.29 is 28.7 Å². The maximum Gasteiger partial charge on any atom is 0.261 e. The molecule has 4 amide bonds. The summed E-state index contributed by atoms with van der Waals surface area (Å²) in [5.74, 6) is 0.163.